The topological polar surface area (TPSA) is 123 Å². The number of carbonyl (C=O) groups excluding carboxylic acids is 2. The number of hydrogen-bond donors (Lipinski definition) is 1. The maximum Gasteiger partial charge on any atom is 0.295 e. The molecule has 2 heterocycles. The van der Waals surface area contributed by atoms with E-state index < -0.39 is 22.7 Å². The lowest BCUT2D eigenvalue weighted by Crippen LogP contribution is -2.29. The van der Waals surface area contributed by atoms with Crippen LogP contribution in [0.3, 0.4) is 0 Å². The summed E-state index contributed by atoms with van der Waals surface area (Å²) in [5.41, 5.74) is 0.994. The van der Waals surface area contributed by atoms with Gasteiger partial charge in [0.05, 0.1) is 23.1 Å². The summed E-state index contributed by atoms with van der Waals surface area (Å²) in [5, 5.41) is 22.5. The summed E-state index contributed by atoms with van der Waals surface area (Å²) in [7, 11) is 0. The third-order valence-corrected chi connectivity index (χ3v) is 5.45. The molecule has 1 saturated heterocycles. The van der Waals surface area contributed by atoms with Crippen LogP contribution in [-0.4, -0.2) is 38.2 Å². The quantitative estimate of drug-likeness (QED) is 0.186. The monoisotopic (exact) mass is 459 g/mol. The lowest BCUT2D eigenvalue weighted by atomic mass is 9.95. The summed E-state index contributed by atoms with van der Waals surface area (Å²) in [6.45, 7) is 2.35. The van der Waals surface area contributed by atoms with Crippen LogP contribution in [0.5, 0.6) is 5.75 Å². The molecule has 1 aromatic heterocycles. The zero-order valence-corrected chi connectivity index (χ0v) is 18.2. The molecule has 1 fully saturated rings. The molecule has 1 atom stereocenters. The van der Waals surface area contributed by atoms with Crippen molar-refractivity contribution in [3.8, 4) is 5.75 Å². The summed E-state index contributed by atoms with van der Waals surface area (Å²) in [4.78, 5) is 42.3. The van der Waals surface area contributed by atoms with Crippen molar-refractivity contribution in [2.75, 3.05) is 6.61 Å². The van der Waals surface area contributed by atoms with Gasteiger partial charge in [0.15, 0.2) is 0 Å². The summed E-state index contributed by atoms with van der Waals surface area (Å²) in [6.07, 6.45) is 3.15. The Morgan fingerprint density at radius 2 is 1.91 bits per heavy atom. The van der Waals surface area contributed by atoms with E-state index in [4.69, 9.17) is 4.74 Å². The minimum Gasteiger partial charge on any atom is -0.507 e. The molecule has 1 aliphatic rings. The van der Waals surface area contributed by atoms with Crippen LogP contribution in [0.2, 0.25) is 0 Å². The number of hydrogen-bond acceptors (Lipinski definition) is 7. The second kappa shape index (κ2) is 9.53. The molecule has 9 nitrogen and oxygen atoms in total. The lowest BCUT2D eigenvalue weighted by molar-refractivity contribution is -0.384. The average Bonchev–Trinajstić information content (AvgIpc) is 3.10. The number of Topliss-reactive ketones (excluding diaryl/α,β-unsaturated/α-hetero) is 1. The number of benzene rings is 2. The maximum absolute atomic E-state index is 13.1. The molecule has 1 N–H and O–H groups in total. The second-order valence-electron chi connectivity index (χ2n) is 7.60. The molecule has 0 spiro atoms. The van der Waals surface area contributed by atoms with Crippen molar-refractivity contribution in [2.24, 2.45) is 0 Å². The van der Waals surface area contributed by atoms with Gasteiger partial charge in [0.1, 0.15) is 11.5 Å². The van der Waals surface area contributed by atoms with Crippen LogP contribution >= 0.6 is 0 Å². The van der Waals surface area contributed by atoms with Gasteiger partial charge in [-0.2, -0.15) is 0 Å². The van der Waals surface area contributed by atoms with Gasteiger partial charge in [-0.05, 0) is 48.4 Å². The van der Waals surface area contributed by atoms with Crippen LogP contribution in [0.1, 0.15) is 29.7 Å². The smallest absolute Gasteiger partial charge is 0.295 e. The van der Waals surface area contributed by atoms with Crippen molar-refractivity contribution in [3.05, 3.63) is 105 Å². The second-order valence-corrected chi connectivity index (χ2v) is 7.60. The summed E-state index contributed by atoms with van der Waals surface area (Å²) < 4.78 is 5.42. The van der Waals surface area contributed by atoms with Crippen molar-refractivity contribution in [1.29, 1.82) is 0 Å². The molecule has 172 valence electrons. The third-order valence-electron chi connectivity index (χ3n) is 5.45. The fourth-order valence-electron chi connectivity index (χ4n) is 3.92. The fourth-order valence-corrected chi connectivity index (χ4v) is 3.92. The Kier molecular flexibility index (Phi) is 6.35. The molecule has 4 rings (SSSR count). The molecule has 0 bridgehead atoms. The van der Waals surface area contributed by atoms with E-state index >= 15 is 0 Å². The Labute approximate surface area is 195 Å². The number of ether oxygens (including phenoxy) is 1. The van der Waals surface area contributed by atoms with Crippen LogP contribution in [0, 0.1) is 10.1 Å². The molecule has 0 saturated carbocycles. The van der Waals surface area contributed by atoms with Gasteiger partial charge in [0, 0.05) is 36.6 Å². The molecule has 0 aliphatic carbocycles. The van der Waals surface area contributed by atoms with Crippen molar-refractivity contribution >= 4 is 23.1 Å². The number of rotatable bonds is 7. The van der Waals surface area contributed by atoms with Crippen molar-refractivity contribution in [1.82, 2.24) is 9.88 Å². The number of ketones is 1. The van der Waals surface area contributed by atoms with Crippen LogP contribution < -0.4 is 4.74 Å². The van der Waals surface area contributed by atoms with Gasteiger partial charge < -0.3 is 14.7 Å². The molecular weight excluding hydrogens is 438 g/mol. The first-order chi connectivity index (χ1) is 16.4. The number of carbonyl (C=O) groups is 2. The highest BCUT2D eigenvalue weighted by Gasteiger charge is 2.46. The van der Waals surface area contributed by atoms with E-state index in [-0.39, 0.29) is 23.6 Å². The number of nitrogens with zero attached hydrogens (tertiary/aromatic N) is 3. The predicted molar refractivity (Wildman–Crippen MR) is 123 cm³/mol. The summed E-state index contributed by atoms with van der Waals surface area (Å²) >= 11 is 0. The van der Waals surface area contributed by atoms with Crippen LogP contribution in [0.15, 0.2) is 78.6 Å². The lowest BCUT2D eigenvalue weighted by Gasteiger charge is -2.25. The molecule has 34 heavy (non-hydrogen) atoms. The van der Waals surface area contributed by atoms with Crippen molar-refractivity contribution in [2.45, 2.75) is 19.5 Å². The van der Waals surface area contributed by atoms with Gasteiger partial charge in [-0.15, -0.1) is 0 Å². The molecule has 3 aromatic rings. The first kappa shape index (κ1) is 22.7. The van der Waals surface area contributed by atoms with E-state index in [9.17, 15) is 24.8 Å². The van der Waals surface area contributed by atoms with Gasteiger partial charge in [-0.3, -0.25) is 24.7 Å². The number of amides is 1. The maximum atomic E-state index is 13.1. The zero-order chi connectivity index (χ0) is 24.2. The highest BCUT2D eigenvalue weighted by molar-refractivity contribution is 6.46. The molecule has 1 unspecified atom stereocenters. The number of aliphatic hydroxyl groups excluding tert-OH is 1. The van der Waals surface area contributed by atoms with E-state index in [1.807, 2.05) is 6.92 Å². The van der Waals surface area contributed by atoms with Gasteiger partial charge in [-0.25, -0.2) is 0 Å². The van der Waals surface area contributed by atoms with Gasteiger partial charge in [0.25, 0.3) is 17.4 Å². The number of nitro groups is 1. The summed E-state index contributed by atoms with van der Waals surface area (Å²) in [6, 6.07) is 14.6. The summed E-state index contributed by atoms with van der Waals surface area (Å²) in [5.74, 6) is -1.46. The molecule has 1 amide bonds. The zero-order valence-electron chi connectivity index (χ0n) is 18.2. The molecule has 1 aliphatic heterocycles. The predicted octanol–water partition coefficient (Wildman–Crippen LogP) is 4.01. The number of pyridine rings is 1. The molecule has 0 radical (unpaired) electrons. The van der Waals surface area contributed by atoms with Gasteiger partial charge in [0.2, 0.25) is 0 Å². The number of non-ortho nitro benzene ring substituents is 1. The number of likely N-dealkylation sites (tertiary alicyclic amines) is 1. The van der Waals surface area contributed by atoms with Crippen LogP contribution in [0.25, 0.3) is 5.76 Å². The standard InChI is InChI=1S/C25H21N3O6/c1-2-34-20-10-8-17(9-11-20)23(29)21-22(18-6-3-7-19(13-18)28(32)33)27(25(31)24(21)30)15-16-5-4-12-26-14-16/h3-14,22,29H,2,15H2,1H3. The Balaban J connectivity index is 1.85. The highest BCUT2D eigenvalue weighted by Crippen LogP contribution is 2.41. The van der Waals surface area contributed by atoms with Crippen LogP contribution in [-0.2, 0) is 16.1 Å². The first-order valence-electron chi connectivity index (χ1n) is 10.6. The van der Waals surface area contributed by atoms with E-state index in [1.165, 1.54) is 23.1 Å². The van der Waals surface area contributed by atoms with E-state index in [0.717, 1.165) is 0 Å². The Morgan fingerprint density at radius 1 is 1.15 bits per heavy atom. The van der Waals surface area contributed by atoms with E-state index in [0.29, 0.717) is 29.0 Å². The minimum absolute atomic E-state index is 0.0336. The number of aromatic nitrogens is 1. The molecule has 9 heteroatoms. The largest absolute Gasteiger partial charge is 0.507 e. The van der Waals surface area contributed by atoms with Crippen molar-refractivity contribution in [3.63, 3.8) is 0 Å². The van der Waals surface area contributed by atoms with Gasteiger partial charge in [-0.1, -0.05) is 18.2 Å². The van der Waals surface area contributed by atoms with Crippen LogP contribution in [0.4, 0.5) is 5.69 Å². The normalized spacial score (nSPS) is 17.1. The SMILES string of the molecule is CCOc1ccc(C(O)=C2C(=O)C(=O)N(Cc3cccnc3)C2c2cccc([N+](=O)[O-])c2)cc1. The van der Waals surface area contributed by atoms with E-state index in [1.54, 1.807) is 54.9 Å². The Bertz CT molecular complexity index is 1270. The highest BCUT2D eigenvalue weighted by atomic mass is 16.6. The van der Waals surface area contributed by atoms with E-state index in [2.05, 4.69) is 4.98 Å². The average molecular weight is 459 g/mol. The minimum atomic E-state index is -1.02. The number of nitro benzene ring substituents is 1. The first-order valence-corrected chi connectivity index (χ1v) is 10.6. The fraction of sp³-hybridized carbons (Fsp3) is 0.160. The molecule has 2 aromatic carbocycles. The third kappa shape index (κ3) is 4.36. The number of aliphatic hydroxyl groups is 1. The van der Waals surface area contributed by atoms with Crippen molar-refractivity contribution < 1.29 is 24.4 Å². The van der Waals surface area contributed by atoms with Gasteiger partial charge >= 0.3 is 0 Å². The molecular formula is C25H21N3O6. The Hall–Kier alpha value is -4.53. The Morgan fingerprint density at radius 3 is 2.56 bits per heavy atom.